The topological polar surface area (TPSA) is 112 Å². The van der Waals surface area contributed by atoms with Gasteiger partial charge in [-0.2, -0.15) is 15.3 Å². The van der Waals surface area contributed by atoms with Gasteiger partial charge in [-0.05, 0) is 12.8 Å². The predicted octanol–water partition coefficient (Wildman–Crippen LogP) is 1.92. The summed E-state index contributed by atoms with van der Waals surface area (Å²) in [6.45, 7) is 1.19. The van der Waals surface area contributed by atoms with Crippen LogP contribution in [-0.4, -0.2) is 49.7 Å². The summed E-state index contributed by atoms with van der Waals surface area (Å²) in [7, 11) is 1.82. The van der Waals surface area contributed by atoms with Crippen molar-refractivity contribution >= 4 is 35.0 Å². The molecule has 1 aliphatic rings. The average Bonchev–Trinajstić information content (AvgIpc) is 3.24. The average molecular weight is 375 g/mol. The second-order valence-electron chi connectivity index (χ2n) is 6.02. The molecule has 1 aliphatic heterocycles. The van der Waals surface area contributed by atoms with E-state index in [1.54, 1.807) is 15.8 Å². The molecule has 0 aliphatic carbocycles. The van der Waals surface area contributed by atoms with Crippen molar-refractivity contribution in [3.05, 3.63) is 23.6 Å². The van der Waals surface area contributed by atoms with Gasteiger partial charge in [0.25, 0.3) is 0 Å². The Hall–Kier alpha value is -2.86. The van der Waals surface area contributed by atoms with Crippen LogP contribution in [0.2, 0.25) is 5.02 Å². The number of halogens is 1. The summed E-state index contributed by atoms with van der Waals surface area (Å²) in [5, 5.41) is 19.4. The molecule has 10 heteroatoms. The Morgan fingerprint density at radius 3 is 3.08 bits per heavy atom. The van der Waals surface area contributed by atoms with Crippen molar-refractivity contribution in [1.29, 1.82) is 5.26 Å². The number of aromatic nitrogens is 4. The molecule has 0 saturated carbocycles. The molecule has 3 rings (SSSR count). The highest BCUT2D eigenvalue weighted by molar-refractivity contribution is 6.32. The van der Waals surface area contributed by atoms with Crippen LogP contribution in [0.3, 0.4) is 0 Å². The molecule has 26 heavy (non-hydrogen) atoms. The predicted molar refractivity (Wildman–Crippen MR) is 97.0 cm³/mol. The van der Waals surface area contributed by atoms with E-state index in [1.807, 2.05) is 19.3 Å². The quantitative estimate of drug-likeness (QED) is 0.794. The highest BCUT2D eigenvalue weighted by Crippen LogP contribution is 2.23. The molecule has 0 radical (unpaired) electrons. The fourth-order valence-electron chi connectivity index (χ4n) is 2.93. The molecule has 3 heterocycles. The number of anilines is 3. The minimum absolute atomic E-state index is 0.0246. The maximum Gasteiger partial charge on any atom is 0.237 e. The summed E-state index contributed by atoms with van der Waals surface area (Å²) < 4.78 is 1.67. The Bertz CT molecular complexity index is 830. The Balaban J connectivity index is 1.65. The lowest BCUT2D eigenvalue weighted by Gasteiger charge is -2.24. The summed E-state index contributed by atoms with van der Waals surface area (Å²) >= 11 is 6.18. The molecule has 0 spiro atoms. The summed E-state index contributed by atoms with van der Waals surface area (Å²) in [4.78, 5) is 22.3. The van der Waals surface area contributed by atoms with Crippen LogP contribution >= 0.6 is 11.6 Å². The fourth-order valence-corrected chi connectivity index (χ4v) is 3.08. The van der Waals surface area contributed by atoms with E-state index in [9.17, 15) is 4.79 Å². The zero-order valence-corrected chi connectivity index (χ0v) is 15.1. The molecule has 136 valence electrons. The van der Waals surface area contributed by atoms with E-state index < -0.39 is 0 Å². The Morgan fingerprint density at radius 2 is 2.35 bits per heavy atom. The number of likely N-dealkylation sites (tertiary alicyclic amines) is 1. The van der Waals surface area contributed by atoms with Gasteiger partial charge in [-0.15, -0.1) is 0 Å². The zero-order chi connectivity index (χ0) is 18.5. The maximum atomic E-state index is 12.0. The number of nitrogens with one attached hydrogen (secondary N) is 2. The van der Waals surface area contributed by atoms with Crippen molar-refractivity contribution in [2.45, 2.75) is 25.3 Å². The lowest BCUT2D eigenvalue weighted by Crippen LogP contribution is -2.39. The molecular formula is C16H19ClN8O. The van der Waals surface area contributed by atoms with Gasteiger partial charge in [0.05, 0.1) is 24.2 Å². The molecule has 1 amide bonds. The van der Waals surface area contributed by atoms with Crippen molar-refractivity contribution in [2.24, 2.45) is 7.05 Å². The van der Waals surface area contributed by atoms with Crippen LogP contribution in [0, 0.1) is 11.3 Å². The van der Waals surface area contributed by atoms with Crippen LogP contribution in [-0.2, 0) is 11.8 Å². The standard InChI is InChI=1S/C16H19ClN8O/c1-24-10-11(7-21-24)22-16-20-9-13(17)15(23-16)19-8-12-3-2-6-25(12)14(26)4-5-18/h7,9-10,12H,2-4,6,8H2,1H3,(H2,19,20,22,23)/t12-/m1/s1. The molecule has 2 aromatic heterocycles. The molecule has 0 aromatic carbocycles. The molecule has 1 fully saturated rings. The lowest BCUT2D eigenvalue weighted by atomic mass is 10.2. The molecule has 0 unspecified atom stereocenters. The summed E-state index contributed by atoms with van der Waals surface area (Å²) in [5.41, 5.74) is 0.768. The third kappa shape index (κ3) is 4.21. The molecule has 2 aromatic rings. The number of amides is 1. The SMILES string of the molecule is Cn1cc(Nc2ncc(Cl)c(NC[C@H]3CCCN3C(=O)CC#N)n2)cn1. The third-order valence-corrected chi connectivity index (χ3v) is 4.41. The number of carbonyl (C=O) groups excluding carboxylic acids is 1. The first-order valence-corrected chi connectivity index (χ1v) is 8.63. The summed E-state index contributed by atoms with van der Waals surface area (Å²) in [6, 6.07) is 1.94. The van der Waals surface area contributed by atoms with Gasteiger partial charge in [0.1, 0.15) is 11.4 Å². The van der Waals surface area contributed by atoms with E-state index in [0.29, 0.717) is 29.9 Å². The molecule has 2 N–H and O–H groups in total. The second kappa shape index (κ2) is 8.01. The minimum atomic E-state index is -0.135. The van der Waals surface area contributed by atoms with Crippen molar-refractivity contribution < 1.29 is 4.79 Å². The van der Waals surface area contributed by atoms with Crippen LogP contribution in [0.15, 0.2) is 18.6 Å². The van der Waals surface area contributed by atoms with E-state index in [2.05, 4.69) is 25.7 Å². The third-order valence-electron chi connectivity index (χ3n) is 4.14. The first-order chi connectivity index (χ1) is 12.6. The molecular weight excluding hydrogens is 356 g/mol. The van der Waals surface area contributed by atoms with Gasteiger partial charge >= 0.3 is 0 Å². The normalized spacial score (nSPS) is 16.3. The van der Waals surface area contributed by atoms with Gasteiger partial charge in [-0.25, -0.2) is 4.98 Å². The van der Waals surface area contributed by atoms with Crippen LogP contribution in [0.1, 0.15) is 19.3 Å². The van der Waals surface area contributed by atoms with Crippen molar-refractivity contribution in [2.75, 3.05) is 23.7 Å². The van der Waals surface area contributed by atoms with Crippen LogP contribution in [0.5, 0.6) is 0 Å². The second-order valence-corrected chi connectivity index (χ2v) is 6.42. The van der Waals surface area contributed by atoms with Gasteiger partial charge in [0.15, 0.2) is 5.82 Å². The lowest BCUT2D eigenvalue weighted by molar-refractivity contribution is -0.130. The summed E-state index contributed by atoms with van der Waals surface area (Å²) in [6.07, 6.45) is 6.71. The van der Waals surface area contributed by atoms with E-state index in [0.717, 1.165) is 18.5 Å². The Labute approximate surface area is 156 Å². The summed E-state index contributed by atoms with van der Waals surface area (Å²) in [5.74, 6) is 0.755. The number of aryl methyl sites for hydroxylation is 1. The highest BCUT2D eigenvalue weighted by atomic mass is 35.5. The fraction of sp³-hybridized carbons (Fsp3) is 0.438. The van der Waals surface area contributed by atoms with Gasteiger partial charge in [-0.1, -0.05) is 11.6 Å². The number of hydrogen-bond acceptors (Lipinski definition) is 7. The smallest absolute Gasteiger partial charge is 0.237 e. The number of rotatable bonds is 6. The Morgan fingerprint density at radius 1 is 1.50 bits per heavy atom. The molecule has 1 saturated heterocycles. The van der Waals surface area contributed by atoms with Crippen LogP contribution in [0.4, 0.5) is 17.5 Å². The first kappa shape index (κ1) is 17.9. The van der Waals surface area contributed by atoms with Crippen molar-refractivity contribution in [3.8, 4) is 6.07 Å². The van der Waals surface area contributed by atoms with Gasteiger partial charge in [-0.3, -0.25) is 9.48 Å². The molecule has 9 nitrogen and oxygen atoms in total. The number of carbonyl (C=O) groups is 1. The van der Waals surface area contributed by atoms with Gasteiger partial charge < -0.3 is 15.5 Å². The maximum absolute atomic E-state index is 12.0. The van der Waals surface area contributed by atoms with Crippen LogP contribution < -0.4 is 10.6 Å². The van der Waals surface area contributed by atoms with E-state index in [1.165, 1.54) is 6.20 Å². The van der Waals surface area contributed by atoms with Crippen molar-refractivity contribution in [3.63, 3.8) is 0 Å². The minimum Gasteiger partial charge on any atom is -0.367 e. The first-order valence-electron chi connectivity index (χ1n) is 8.25. The highest BCUT2D eigenvalue weighted by Gasteiger charge is 2.28. The van der Waals surface area contributed by atoms with E-state index in [-0.39, 0.29) is 18.4 Å². The van der Waals surface area contributed by atoms with E-state index >= 15 is 0 Å². The molecule has 0 bridgehead atoms. The molecule has 1 atom stereocenters. The van der Waals surface area contributed by atoms with Gasteiger partial charge in [0, 0.05) is 32.4 Å². The van der Waals surface area contributed by atoms with E-state index in [4.69, 9.17) is 16.9 Å². The van der Waals surface area contributed by atoms with Gasteiger partial charge in [0.2, 0.25) is 11.9 Å². The number of hydrogen-bond donors (Lipinski definition) is 2. The van der Waals surface area contributed by atoms with Crippen molar-refractivity contribution in [1.82, 2.24) is 24.6 Å². The number of nitrogens with zero attached hydrogens (tertiary/aromatic N) is 6. The Kier molecular flexibility index (Phi) is 5.53. The van der Waals surface area contributed by atoms with Crippen LogP contribution in [0.25, 0.3) is 0 Å². The largest absolute Gasteiger partial charge is 0.367 e. The zero-order valence-electron chi connectivity index (χ0n) is 14.3. The number of nitriles is 1. The monoisotopic (exact) mass is 374 g/mol.